The van der Waals surface area contributed by atoms with E-state index in [1.165, 1.54) is 15.8 Å². The summed E-state index contributed by atoms with van der Waals surface area (Å²) >= 11 is 1.57. The zero-order valence-corrected chi connectivity index (χ0v) is 17.1. The highest BCUT2D eigenvalue weighted by Crippen LogP contribution is 2.41. The van der Waals surface area contributed by atoms with E-state index in [1.54, 1.807) is 30.3 Å². The van der Waals surface area contributed by atoms with Crippen LogP contribution < -0.4 is 0 Å². The number of hydrogen-bond donors (Lipinski definition) is 1. The SMILES string of the molecule is Cc1cc(C)c2sc(C(=O)N(C)C)c(-c3ccc(Cc4nn[nH]n4)cc3)c2c1. The van der Waals surface area contributed by atoms with E-state index >= 15 is 0 Å². The third-order valence-corrected chi connectivity index (χ3v) is 6.04. The Morgan fingerprint density at radius 1 is 1.14 bits per heavy atom. The molecule has 0 saturated carbocycles. The summed E-state index contributed by atoms with van der Waals surface area (Å²) in [5.41, 5.74) is 5.54. The predicted molar refractivity (Wildman–Crippen MR) is 112 cm³/mol. The van der Waals surface area contributed by atoms with Crippen LogP contribution in [0.15, 0.2) is 36.4 Å². The van der Waals surface area contributed by atoms with Gasteiger partial charge < -0.3 is 4.90 Å². The quantitative estimate of drug-likeness (QED) is 0.571. The van der Waals surface area contributed by atoms with Crippen molar-refractivity contribution in [3.8, 4) is 11.1 Å². The Labute approximate surface area is 167 Å². The molecule has 0 radical (unpaired) electrons. The van der Waals surface area contributed by atoms with Crippen molar-refractivity contribution in [2.24, 2.45) is 0 Å². The van der Waals surface area contributed by atoms with E-state index < -0.39 is 0 Å². The van der Waals surface area contributed by atoms with Gasteiger partial charge in [-0.1, -0.05) is 41.1 Å². The van der Waals surface area contributed by atoms with Gasteiger partial charge >= 0.3 is 0 Å². The molecule has 0 aliphatic heterocycles. The van der Waals surface area contributed by atoms with Gasteiger partial charge in [-0.05, 0) is 36.6 Å². The molecule has 0 aliphatic carbocycles. The first-order valence-corrected chi connectivity index (χ1v) is 9.82. The normalized spacial score (nSPS) is 11.1. The van der Waals surface area contributed by atoms with Crippen molar-refractivity contribution in [1.82, 2.24) is 25.5 Å². The highest BCUT2D eigenvalue weighted by molar-refractivity contribution is 7.21. The second kappa shape index (κ2) is 7.16. The molecule has 0 bridgehead atoms. The maximum absolute atomic E-state index is 12.9. The summed E-state index contributed by atoms with van der Waals surface area (Å²) in [6.07, 6.45) is 0.614. The number of carbonyl (C=O) groups is 1. The number of rotatable bonds is 4. The Kier molecular flexibility index (Phi) is 4.68. The molecular formula is C21H21N5OS. The molecule has 2 aromatic carbocycles. The largest absolute Gasteiger partial charge is 0.344 e. The third-order valence-electron chi connectivity index (χ3n) is 4.71. The molecule has 28 heavy (non-hydrogen) atoms. The molecule has 0 fully saturated rings. The zero-order valence-electron chi connectivity index (χ0n) is 16.3. The monoisotopic (exact) mass is 391 g/mol. The summed E-state index contributed by atoms with van der Waals surface area (Å²) in [7, 11) is 3.59. The predicted octanol–water partition coefficient (Wildman–Crippen LogP) is 3.99. The standard InChI is InChI=1S/C21H21N5OS/c1-12-9-13(2)19-16(10-12)18(20(28-19)21(27)26(3)4)15-7-5-14(6-8-15)11-17-22-24-25-23-17/h5-10H,11H2,1-4H3,(H,22,23,24,25). The number of fused-ring (bicyclic) bond motifs is 1. The van der Waals surface area contributed by atoms with Crippen molar-refractivity contribution >= 4 is 27.3 Å². The molecule has 0 unspecified atom stereocenters. The van der Waals surface area contributed by atoms with Gasteiger partial charge in [0.05, 0.1) is 0 Å². The lowest BCUT2D eigenvalue weighted by molar-refractivity contribution is 0.0833. The van der Waals surface area contributed by atoms with Crippen molar-refractivity contribution in [2.75, 3.05) is 14.1 Å². The van der Waals surface area contributed by atoms with Crippen LogP contribution in [0.3, 0.4) is 0 Å². The average Bonchev–Trinajstić information content (AvgIpc) is 3.29. The molecular weight excluding hydrogens is 370 g/mol. The van der Waals surface area contributed by atoms with Crippen molar-refractivity contribution in [1.29, 1.82) is 0 Å². The van der Waals surface area contributed by atoms with Gasteiger partial charge in [-0.2, -0.15) is 5.21 Å². The van der Waals surface area contributed by atoms with Gasteiger partial charge in [0.15, 0.2) is 5.82 Å². The topological polar surface area (TPSA) is 74.8 Å². The van der Waals surface area contributed by atoms with E-state index in [2.05, 4.69) is 70.9 Å². The summed E-state index contributed by atoms with van der Waals surface area (Å²) in [6, 6.07) is 12.6. The number of aromatic nitrogens is 4. The first kappa shape index (κ1) is 18.3. The molecule has 4 aromatic rings. The average molecular weight is 392 g/mol. The van der Waals surface area contributed by atoms with Crippen LogP contribution in [0.25, 0.3) is 21.2 Å². The number of nitrogens with zero attached hydrogens (tertiary/aromatic N) is 4. The number of carbonyl (C=O) groups excluding carboxylic acids is 1. The number of aromatic amines is 1. The van der Waals surface area contributed by atoms with Gasteiger partial charge in [-0.15, -0.1) is 21.5 Å². The van der Waals surface area contributed by atoms with E-state index in [0.29, 0.717) is 12.2 Å². The molecule has 2 heterocycles. The van der Waals surface area contributed by atoms with Crippen LogP contribution in [0, 0.1) is 13.8 Å². The molecule has 142 valence electrons. The number of thiophene rings is 1. The molecule has 0 saturated heterocycles. The smallest absolute Gasteiger partial charge is 0.264 e. The van der Waals surface area contributed by atoms with Crippen LogP contribution in [0.1, 0.15) is 32.2 Å². The number of amides is 1. The Hall–Kier alpha value is -3.06. The Morgan fingerprint density at radius 2 is 1.89 bits per heavy atom. The minimum atomic E-state index is 0.0316. The second-order valence-electron chi connectivity index (χ2n) is 7.17. The summed E-state index contributed by atoms with van der Waals surface area (Å²) in [5, 5.41) is 15.2. The van der Waals surface area contributed by atoms with Gasteiger partial charge in [0, 0.05) is 36.2 Å². The van der Waals surface area contributed by atoms with Gasteiger partial charge in [0.2, 0.25) is 0 Å². The highest BCUT2D eigenvalue weighted by Gasteiger charge is 2.22. The molecule has 6 nitrogen and oxygen atoms in total. The lowest BCUT2D eigenvalue weighted by Gasteiger charge is -2.11. The van der Waals surface area contributed by atoms with Crippen LogP contribution in [-0.4, -0.2) is 45.5 Å². The molecule has 1 N–H and O–H groups in total. The Balaban J connectivity index is 1.84. The molecule has 1 amide bonds. The van der Waals surface area contributed by atoms with Crippen molar-refractivity contribution in [3.05, 3.63) is 63.8 Å². The maximum Gasteiger partial charge on any atom is 0.264 e. The Morgan fingerprint density at radius 3 is 2.54 bits per heavy atom. The fourth-order valence-corrected chi connectivity index (χ4v) is 4.72. The number of aryl methyl sites for hydroxylation is 2. The molecule has 0 spiro atoms. The van der Waals surface area contributed by atoms with Crippen molar-refractivity contribution in [3.63, 3.8) is 0 Å². The fourth-order valence-electron chi connectivity index (χ4n) is 3.42. The number of nitrogens with one attached hydrogen (secondary N) is 1. The van der Waals surface area contributed by atoms with Crippen LogP contribution in [0.4, 0.5) is 0 Å². The summed E-state index contributed by atoms with van der Waals surface area (Å²) in [6.45, 7) is 4.20. The van der Waals surface area contributed by atoms with Gasteiger partial charge in [-0.25, -0.2) is 0 Å². The summed E-state index contributed by atoms with van der Waals surface area (Å²) in [5.74, 6) is 0.688. The van der Waals surface area contributed by atoms with Crippen LogP contribution in [-0.2, 0) is 6.42 Å². The van der Waals surface area contributed by atoms with E-state index in [-0.39, 0.29) is 5.91 Å². The van der Waals surface area contributed by atoms with Crippen molar-refractivity contribution < 1.29 is 4.79 Å². The Bertz CT molecular complexity index is 1140. The van der Waals surface area contributed by atoms with Crippen LogP contribution in [0.5, 0.6) is 0 Å². The first-order chi connectivity index (χ1) is 13.4. The minimum Gasteiger partial charge on any atom is -0.344 e. The van der Waals surface area contributed by atoms with Gasteiger partial charge in [0.25, 0.3) is 5.91 Å². The fraction of sp³-hybridized carbons (Fsp3) is 0.238. The first-order valence-electron chi connectivity index (χ1n) is 9.01. The lowest BCUT2D eigenvalue weighted by Crippen LogP contribution is -2.21. The molecule has 2 aromatic heterocycles. The number of benzene rings is 2. The van der Waals surface area contributed by atoms with Gasteiger partial charge in [-0.3, -0.25) is 4.79 Å². The van der Waals surface area contributed by atoms with Crippen LogP contribution in [0.2, 0.25) is 0 Å². The van der Waals surface area contributed by atoms with E-state index in [9.17, 15) is 4.79 Å². The second-order valence-corrected chi connectivity index (χ2v) is 8.19. The highest BCUT2D eigenvalue weighted by atomic mass is 32.1. The lowest BCUT2D eigenvalue weighted by atomic mass is 9.97. The van der Waals surface area contributed by atoms with Crippen LogP contribution >= 0.6 is 11.3 Å². The number of H-pyrrole nitrogens is 1. The minimum absolute atomic E-state index is 0.0316. The maximum atomic E-state index is 12.9. The summed E-state index contributed by atoms with van der Waals surface area (Å²) in [4.78, 5) is 15.3. The van der Waals surface area contributed by atoms with Gasteiger partial charge in [0.1, 0.15) is 4.88 Å². The zero-order chi connectivity index (χ0) is 19.8. The number of tetrazole rings is 1. The molecule has 0 atom stereocenters. The van der Waals surface area contributed by atoms with E-state index in [4.69, 9.17) is 0 Å². The molecule has 7 heteroatoms. The molecule has 0 aliphatic rings. The van der Waals surface area contributed by atoms with Crippen molar-refractivity contribution in [2.45, 2.75) is 20.3 Å². The third kappa shape index (κ3) is 3.29. The van der Waals surface area contributed by atoms with E-state index in [0.717, 1.165) is 27.0 Å². The summed E-state index contributed by atoms with van der Waals surface area (Å²) < 4.78 is 1.17. The molecule has 4 rings (SSSR count). The van der Waals surface area contributed by atoms with E-state index in [1.807, 2.05) is 0 Å². The number of hydrogen-bond acceptors (Lipinski definition) is 5.